The van der Waals surface area contributed by atoms with E-state index in [1.807, 2.05) is 51.1 Å². The van der Waals surface area contributed by atoms with Crippen molar-refractivity contribution in [3.63, 3.8) is 0 Å². The van der Waals surface area contributed by atoms with Crippen LogP contribution in [0.5, 0.6) is 0 Å². The number of likely N-dealkylation sites (tertiary alicyclic amines) is 1. The zero-order valence-electron chi connectivity index (χ0n) is 20.6. The molecule has 1 aromatic rings. The van der Waals surface area contributed by atoms with Gasteiger partial charge in [-0.25, -0.2) is 0 Å². The number of amides is 3. The highest BCUT2D eigenvalue weighted by molar-refractivity contribution is 9.09. The number of carbonyl (C=O) groups excluding carboxylic acids is 3. The maximum Gasteiger partial charge on any atom is 0.244 e. The second-order valence-electron chi connectivity index (χ2n) is 10.4. The van der Waals surface area contributed by atoms with Crippen LogP contribution in [0.4, 0.5) is 0 Å². The van der Waals surface area contributed by atoms with Gasteiger partial charge in [-0.1, -0.05) is 67.0 Å². The lowest BCUT2D eigenvalue weighted by molar-refractivity contribution is -0.143. The number of hydrogen-bond donors (Lipinski definition) is 3. The summed E-state index contributed by atoms with van der Waals surface area (Å²) in [6, 6.07) is 8.48. The number of thioether (sulfide) groups is 1. The molecule has 9 heteroatoms. The van der Waals surface area contributed by atoms with Crippen molar-refractivity contribution in [2.45, 2.75) is 73.5 Å². The van der Waals surface area contributed by atoms with Gasteiger partial charge in [0.1, 0.15) is 6.04 Å². The molecule has 3 aliphatic heterocycles. The number of halogens is 1. The van der Waals surface area contributed by atoms with Gasteiger partial charge in [0.15, 0.2) is 0 Å². The molecule has 7 nitrogen and oxygen atoms in total. The normalized spacial score (nSPS) is 32.1. The Labute approximate surface area is 220 Å². The largest absolute Gasteiger partial charge is 0.394 e. The third-order valence-corrected chi connectivity index (χ3v) is 10.7. The second-order valence-corrected chi connectivity index (χ2v) is 13.1. The van der Waals surface area contributed by atoms with Gasteiger partial charge in [0, 0.05) is 23.2 Å². The first-order valence-electron chi connectivity index (χ1n) is 12.6. The summed E-state index contributed by atoms with van der Waals surface area (Å²) >= 11 is 5.41. The maximum absolute atomic E-state index is 14.1. The molecule has 3 amide bonds. The molecule has 192 valence electrons. The van der Waals surface area contributed by atoms with Gasteiger partial charge < -0.3 is 20.6 Å². The molecule has 3 unspecified atom stereocenters. The minimum Gasteiger partial charge on any atom is -0.394 e. The van der Waals surface area contributed by atoms with E-state index < -0.39 is 28.7 Å². The smallest absolute Gasteiger partial charge is 0.244 e. The van der Waals surface area contributed by atoms with Crippen LogP contribution in [0.15, 0.2) is 30.3 Å². The topological polar surface area (TPSA) is 98.7 Å². The third kappa shape index (κ3) is 4.76. The van der Waals surface area contributed by atoms with E-state index >= 15 is 0 Å². The molecule has 0 radical (unpaired) electrons. The summed E-state index contributed by atoms with van der Waals surface area (Å²) in [6.07, 6.45) is 2.04. The van der Waals surface area contributed by atoms with E-state index in [4.69, 9.17) is 0 Å². The van der Waals surface area contributed by atoms with Gasteiger partial charge in [0.05, 0.1) is 29.2 Å². The van der Waals surface area contributed by atoms with E-state index in [-0.39, 0.29) is 40.3 Å². The molecule has 3 heterocycles. The van der Waals surface area contributed by atoms with Crippen molar-refractivity contribution in [3.05, 3.63) is 35.9 Å². The molecule has 2 bridgehead atoms. The molecule has 3 aliphatic rings. The van der Waals surface area contributed by atoms with Gasteiger partial charge in [0.2, 0.25) is 17.7 Å². The van der Waals surface area contributed by atoms with Gasteiger partial charge in [-0.3, -0.25) is 14.4 Å². The Morgan fingerprint density at radius 3 is 2.57 bits per heavy atom. The summed E-state index contributed by atoms with van der Waals surface area (Å²) in [5.74, 6) is -1.32. The second kappa shape index (κ2) is 10.8. The lowest BCUT2D eigenvalue weighted by Gasteiger charge is -2.37. The molecule has 7 atom stereocenters. The van der Waals surface area contributed by atoms with Crippen LogP contribution in [0, 0.1) is 17.8 Å². The van der Waals surface area contributed by atoms with E-state index in [1.54, 1.807) is 16.7 Å². The number of alkyl halides is 1. The van der Waals surface area contributed by atoms with Crippen LogP contribution in [0.25, 0.3) is 0 Å². The predicted molar refractivity (Wildman–Crippen MR) is 141 cm³/mol. The zero-order chi connectivity index (χ0) is 25.3. The lowest BCUT2D eigenvalue weighted by Crippen LogP contribution is -2.57. The quantitative estimate of drug-likeness (QED) is 0.379. The van der Waals surface area contributed by atoms with Crippen molar-refractivity contribution in [3.8, 4) is 0 Å². The van der Waals surface area contributed by atoms with E-state index in [9.17, 15) is 19.5 Å². The molecule has 0 aliphatic carbocycles. The van der Waals surface area contributed by atoms with Crippen molar-refractivity contribution in [1.82, 2.24) is 15.5 Å². The number of aliphatic hydroxyl groups excluding tert-OH is 1. The Morgan fingerprint density at radius 1 is 1.23 bits per heavy atom. The monoisotopic (exact) mass is 565 g/mol. The summed E-state index contributed by atoms with van der Waals surface area (Å²) in [6.45, 7) is 6.79. The van der Waals surface area contributed by atoms with E-state index in [0.29, 0.717) is 25.9 Å². The lowest BCUT2D eigenvalue weighted by atomic mass is 9.70. The molecular weight excluding hydrogens is 530 g/mol. The first-order chi connectivity index (χ1) is 16.7. The SMILES string of the molecule is CCCNC(=O)[C@H]1[C@H]2C(=O)N([C@@H](CO)CC(C)C)C(C(=O)NCc3ccccc3)C23CC(Br)[C@@H]1S3. The molecule has 3 fully saturated rings. The number of fused-ring (bicyclic) bond motifs is 1. The molecule has 0 saturated carbocycles. The van der Waals surface area contributed by atoms with Crippen LogP contribution in [-0.4, -0.2) is 67.8 Å². The zero-order valence-corrected chi connectivity index (χ0v) is 23.0. The minimum atomic E-state index is -0.737. The standard InChI is InChI=1S/C26H36BrN3O4S/c1-4-10-28-23(32)19-20-25(34)30(17(14-31)11-15(2)3)22(26(20)12-18(27)21(19)35-26)24(33)29-13-16-8-6-5-7-9-16/h5-9,15,17-22,31H,4,10-14H2,1-3H3,(H,28,32)(H,29,33)/t17-,18?,19+,20+,21+,22?,26?/m1/s1. The summed E-state index contributed by atoms with van der Waals surface area (Å²) in [4.78, 5) is 42.9. The van der Waals surface area contributed by atoms with E-state index in [0.717, 1.165) is 12.0 Å². The molecule has 1 aromatic carbocycles. The highest BCUT2D eigenvalue weighted by atomic mass is 79.9. The van der Waals surface area contributed by atoms with Crippen molar-refractivity contribution in [1.29, 1.82) is 0 Å². The number of benzene rings is 1. The van der Waals surface area contributed by atoms with Crippen LogP contribution in [0.3, 0.4) is 0 Å². The minimum absolute atomic E-state index is 0.0379. The van der Waals surface area contributed by atoms with Gasteiger partial charge in [-0.05, 0) is 30.7 Å². The average Bonchev–Trinajstić information content (AvgIpc) is 3.43. The number of aliphatic hydroxyl groups is 1. The van der Waals surface area contributed by atoms with Crippen LogP contribution in [0.1, 0.15) is 45.6 Å². The van der Waals surface area contributed by atoms with Gasteiger partial charge >= 0.3 is 0 Å². The number of rotatable bonds is 10. The summed E-state index contributed by atoms with van der Waals surface area (Å²) in [5.41, 5.74) is 0.977. The fraction of sp³-hybridized carbons (Fsp3) is 0.654. The number of hydrogen-bond acceptors (Lipinski definition) is 5. The van der Waals surface area contributed by atoms with Crippen molar-refractivity contribution < 1.29 is 19.5 Å². The fourth-order valence-electron chi connectivity index (χ4n) is 6.13. The predicted octanol–water partition coefficient (Wildman–Crippen LogP) is 2.70. The Hall–Kier alpha value is -1.58. The maximum atomic E-state index is 14.1. The molecule has 3 N–H and O–H groups in total. The Kier molecular flexibility index (Phi) is 8.18. The van der Waals surface area contributed by atoms with Crippen LogP contribution >= 0.6 is 27.7 Å². The first kappa shape index (κ1) is 26.5. The molecular formula is C26H36BrN3O4S. The molecule has 3 saturated heterocycles. The number of nitrogens with one attached hydrogen (secondary N) is 2. The van der Waals surface area contributed by atoms with E-state index in [1.165, 1.54) is 0 Å². The number of nitrogens with zero attached hydrogens (tertiary/aromatic N) is 1. The average molecular weight is 567 g/mol. The van der Waals surface area contributed by atoms with Gasteiger partial charge in [0.25, 0.3) is 0 Å². The number of carbonyl (C=O) groups is 3. The van der Waals surface area contributed by atoms with Crippen molar-refractivity contribution in [2.24, 2.45) is 17.8 Å². The van der Waals surface area contributed by atoms with Crippen molar-refractivity contribution >= 4 is 45.4 Å². The third-order valence-electron chi connectivity index (χ3n) is 7.48. The van der Waals surface area contributed by atoms with Gasteiger partial charge in [-0.15, -0.1) is 11.8 Å². The van der Waals surface area contributed by atoms with Crippen LogP contribution in [0.2, 0.25) is 0 Å². The summed E-state index contributed by atoms with van der Waals surface area (Å²) in [5, 5.41) is 16.3. The van der Waals surface area contributed by atoms with E-state index in [2.05, 4.69) is 26.6 Å². The van der Waals surface area contributed by atoms with Gasteiger partial charge in [-0.2, -0.15) is 0 Å². The van der Waals surface area contributed by atoms with Crippen LogP contribution in [-0.2, 0) is 20.9 Å². The van der Waals surface area contributed by atoms with Crippen molar-refractivity contribution in [2.75, 3.05) is 13.2 Å². The Balaban J connectivity index is 1.70. The highest BCUT2D eigenvalue weighted by Crippen LogP contribution is 2.68. The highest BCUT2D eigenvalue weighted by Gasteiger charge is 2.76. The molecule has 35 heavy (non-hydrogen) atoms. The summed E-state index contributed by atoms with van der Waals surface area (Å²) in [7, 11) is 0. The first-order valence-corrected chi connectivity index (χ1v) is 14.4. The molecule has 0 aromatic heterocycles. The molecule has 1 spiro atoms. The Bertz CT molecular complexity index is 948. The Morgan fingerprint density at radius 2 is 1.94 bits per heavy atom. The fourth-order valence-corrected chi connectivity index (χ4v) is 9.73. The molecule has 4 rings (SSSR count). The van der Waals surface area contributed by atoms with Crippen LogP contribution < -0.4 is 10.6 Å². The summed E-state index contributed by atoms with van der Waals surface area (Å²) < 4.78 is -0.699.